The van der Waals surface area contributed by atoms with Crippen molar-refractivity contribution < 1.29 is 13.5 Å². The van der Waals surface area contributed by atoms with E-state index in [2.05, 4.69) is 40.4 Å². The Hall–Kier alpha value is -3.89. The molecule has 0 radical (unpaired) electrons. The van der Waals surface area contributed by atoms with E-state index in [4.69, 9.17) is 0 Å². The van der Waals surface area contributed by atoms with Crippen molar-refractivity contribution in [2.75, 3.05) is 10.6 Å². The predicted octanol–water partition coefficient (Wildman–Crippen LogP) is 3.63. The minimum Gasteiger partial charge on any atom is -0.432 e. The lowest BCUT2D eigenvalue weighted by atomic mass is 10.1. The quantitative estimate of drug-likeness (QED) is 0.451. The number of anilines is 2. The van der Waals surface area contributed by atoms with Gasteiger partial charge in [-0.05, 0) is 43.5 Å². The molecule has 4 aromatic heterocycles. The summed E-state index contributed by atoms with van der Waals surface area (Å²) in [4.78, 5) is 16.9. The molecule has 4 heterocycles. The molecule has 164 valence electrons. The predicted molar refractivity (Wildman–Crippen MR) is 114 cm³/mol. The monoisotopic (exact) mass is 438 g/mol. The lowest BCUT2D eigenvalue weighted by molar-refractivity contribution is -0.0503. The minimum absolute atomic E-state index is 0.0636. The van der Waals surface area contributed by atoms with Crippen LogP contribution >= 0.6 is 0 Å². The summed E-state index contributed by atoms with van der Waals surface area (Å²) in [5.41, 5.74) is 2.73. The van der Waals surface area contributed by atoms with Crippen LogP contribution in [0.4, 0.5) is 20.5 Å². The number of aromatic nitrogens is 6. The van der Waals surface area contributed by atoms with Crippen molar-refractivity contribution >= 4 is 17.4 Å². The fourth-order valence-corrected chi connectivity index (χ4v) is 3.90. The first-order valence-electron chi connectivity index (χ1n) is 10.2. The number of hydrogen-bond donors (Lipinski definition) is 2. The Morgan fingerprint density at radius 3 is 2.53 bits per heavy atom. The Balaban J connectivity index is 1.17. The maximum atomic E-state index is 12.2. The summed E-state index contributed by atoms with van der Waals surface area (Å²) >= 11 is 0. The molecule has 0 amide bonds. The van der Waals surface area contributed by atoms with Crippen molar-refractivity contribution in [3.05, 3.63) is 55.4 Å². The minimum atomic E-state index is -2.89. The molecule has 32 heavy (non-hydrogen) atoms. The van der Waals surface area contributed by atoms with E-state index in [1.807, 2.05) is 36.7 Å². The molecule has 0 saturated heterocycles. The summed E-state index contributed by atoms with van der Waals surface area (Å²) in [5, 5.41) is 10.9. The van der Waals surface area contributed by atoms with Crippen LogP contribution in [-0.2, 0) is 0 Å². The van der Waals surface area contributed by atoms with Crippen LogP contribution < -0.4 is 15.4 Å². The Morgan fingerprint density at radius 2 is 1.78 bits per heavy atom. The van der Waals surface area contributed by atoms with Crippen LogP contribution in [-0.4, -0.2) is 48.2 Å². The first-order valence-corrected chi connectivity index (χ1v) is 10.2. The zero-order chi connectivity index (χ0) is 21.9. The van der Waals surface area contributed by atoms with E-state index in [0.717, 1.165) is 41.9 Å². The second kappa shape index (κ2) is 8.69. The molecular weight excluding hydrogens is 418 g/mol. The molecule has 1 aliphatic rings. The number of rotatable bonds is 7. The van der Waals surface area contributed by atoms with E-state index in [0.29, 0.717) is 5.95 Å². The summed E-state index contributed by atoms with van der Waals surface area (Å²) in [7, 11) is 0. The average Bonchev–Trinajstić information content (AvgIpc) is 3.45. The second-order valence-corrected chi connectivity index (χ2v) is 7.50. The third kappa shape index (κ3) is 4.41. The van der Waals surface area contributed by atoms with E-state index in [1.165, 1.54) is 18.7 Å². The Labute approximate surface area is 181 Å². The molecule has 9 nitrogen and oxygen atoms in total. The highest BCUT2D eigenvalue weighted by atomic mass is 19.3. The number of pyridine rings is 2. The van der Waals surface area contributed by atoms with E-state index in [-0.39, 0.29) is 17.8 Å². The highest BCUT2D eigenvalue weighted by Crippen LogP contribution is 2.27. The number of alkyl halides is 2. The normalized spacial score (nSPS) is 18.2. The largest absolute Gasteiger partial charge is 0.432 e. The Morgan fingerprint density at radius 1 is 0.969 bits per heavy atom. The van der Waals surface area contributed by atoms with Crippen molar-refractivity contribution in [1.29, 1.82) is 0 Å². The summed E-state index contributed by atoms with van der Waals surface area (Å²) in [5.74, 6) is 1.13. The van der Waals surface area contributed by atoms with Gasteiger partial charge in [0.25, 0.3) is 0 Å². The van der Waals surface area contributed by atoms with Crippen LogP contribution in [0.2, 0.25) is 0 Å². The van der Waals surface area contributed by atoms with Crippen LogP contribution in [0.25, 0.3) is 16.8 Å². The number of nitrogens with zero attached hydrogens (tertiary/aromatic N) is 6. The molecule has 0 bridgehead atoms. The van der Waals surface area contributed by atoms with Gasteiger partial charge in [-0.2, -0.15) is 13.9 Å². The summed E-state index contributed by atoms with van der Waals surface area (Å²) in [6.07, 6.45) is 10.4. The molecule has 0 spiro atoms. The number of nitrogens with one attached hydrogen (secondary N) is 2. The molecule has 2 atom stereocenters. The van der Waals surface area contributed by atoms with E-state index in [9.17, 15) is 8.78 Å². The van der Waals surface area contributed by atoms with Crippen molar-refractivity contribution in [2.24, 2.45) is 0 Å². The number of fused-ring (bicyclic) bond motifs is 1. The number of hydrogen-bond acceptors (Lipinski definition) is 8. The van der Waals surface area contributed by atoms with Crippen molar-refractivity contribution in [3.63, 3.8) is 0 Å². The van der Waals surface area contributed by atoms with Gasteiger partial charge < -0.3 is 15.4 Å². The molecule has 11 heteroatoms. The topological polar surface area (TPSA) is 102 Å². The first-order chi connectivity index (χ1) is 15.6. The van der Waals surface area contributed by atoms with E-state index in [1.54, 1.807) is 4.52 Å². The summed E-state index contributed by atoms with van der Waals surface area (Å²) in [6, 6.07) is 8.33. The number of halogens is 2. The molecule has 1 saturated carbocycles. The molecule has 2 N–H and O–H groups in total. The third-order valence-corrected chi connectivity index (χ3v) is 5.35. The van der Waals surface area contributed by atoms with Gasteiger partial charge in [-0.15, -0.1) is 0 Å². The second-order valence-electron chi connectivity index (χ2n) is 7.50. The Kier molecular flexibility index (Phi) is 5.44. The standard InChI is InChI=1S/C21H20F2N8O/c22-20(23)32-16-10-25-21(26-11-16)30-15-5-4-14(8-15)29-18-6-3-13(9-24-18)17-2-1-7-31-19(17)27-12-28-31/h1-3,6-7,9-12,14-15,20H,4-5,8H2,(H,24,29)(H,25,26,30)/t14-,15-/m0/s1. The zero-order valence-electron chi connectivity index (χ0n) is 16.9. The average molecular weight is 438 g/mol. The Bertz CT molecular complexity index is 1180. The molecule has 0 aliphatic heterocycles. The molecule has 0 unspecified atom stereocenters. The third-order valence-electron chi connectivity index (χ3n) is 5.35. The summed E-state index contributed by atoms with van der Waals surface area (Å²) < 4.78 is 30.4. The van der Waals surface area contributed by atoms with E-state index >= 15 is 0 Å². The molecule has 0 aromatic carbocycles. The van der Waals surface area contributed by atoms with Crippen LogP contribution in [0.5, 0.6) is 5.75 Å². The fourth-order valence-electron chi connectivity index (χ4n) is 3.90. The van der Waals surface area contributed by atoms with Crippen LogP contribution in [0.3, 0.4) is 0 Å². The van der Waals surface area contributed by atoms with Crippen LogP contribution in [0.1, 0.15) is 19.3 Å². The molecular formula is C21H20F2N8O. The van der Waals surface area contributed by atoms with Gasteiger partial charge in [0, 0.05) is 35.6 Å². The highest BCUT2D eigenvalue weighted by Gasteiger charge is 2.25. The molecule has 1 fully saturated rings. The van der Waals surface area contributed by atoms with Crippen molar-refractivity contribution in [2.45, 2.75) is 38.0 Å². The molecule has 1 aliphatic carbocycles. The zero-order valence-corrected chi connectivity index (χ0v) is 16.9. The van der Waals surface area contributed by atoms with Crippen LogP contribution in [0.15, 0.2) is 55.4 Å². The van der Waals surface area contributed by atoms with Gasteiger partial charge in [-0.25, -0.2) is 24.5 Å². The van der Waals surface area contributed by atoms with Crippen molar-refractivity contribution in [3.8, 4) is 16.9 Å². The molecule has 5 rings (SSSR count). The van der Waals surface area contributed by atoms with Gasteiger partial charge >= 0.3 is 6.61 Å². The fraction of sp³-hybridized carbons (Fsp3) is 0.286. The lowest BCUT2D eigenvalue weighted by Gasteiger charge is -2.15. The SMILES string of the molecule is FC(F)Oc1cnc(N[C@H]2CC[C@H](Nc3ccc(-c4cccn5ncnc45)cn3)C2)nc1. The van der Waals surface area contributed by atoms with Gasteiger partial charge in [0.2, 0.25) is 5.95 Å². The van der Waals surface area contributed by atoms with Crippen molar-refractivity contribution in [1.82, 2.24) is 29.5 Å². The first kappa shape index (κ1) is 20.0. The molecule has 4 aromatic rings. The van der Waals surface area contributed by atoms with E-state index < -0.39 is 6.61 Å². The van der Waals surface area contributed by atoms with Gasteiger partial charge in [0.05, 0.1) is 12.4 Å². The van der Waals surface area contributed by atoms with Gasteiger partial charge in [0.1, 0.15) is 12.1 Å². The maximum absolute atomic E-state index is 12.2. The number of ether oxygens (including phenoxy) is 1. The van der Waals surface area contributed by atoms with Gasteiger partial charge in [-0.1, -0.05) is 0 Å². The summed E-state index contributed by atoms with van der Waals surface area (Å²) in [6.45, 7) is -2.89. The maximum Gasteiger partial charge on any atom is 0.387 e. The van der Waals surface area contributed by atoms with Gasteiger partial charge in [-0.3, -0.25) is 0 Å². The highest BCUT2D eigenvalue weighted by molar-refractivity contribution is 5.76. The van der Waals surface area contributed by atoms with Crippen LogP contribution in [0, 0.1) is 0 Å². The van der Waals surface area contributed by atoms with Gasteiger partial charge in [0.15, 0.2) is 11.4 Å². The smallest absolute Gasteiger partial charge is 0.387 e. The lowest BCUT2D eigenvalue weighted by Crippen LogP contribution is -2.22.